The van der Waals surface area contributed by atoms with Gasteiger partial charge in [0.15, 0.2) is 14.6 Å². The Labute approximate surface area is 131 Å². The molecule has 1 aliphatic rings. The first-order valence-corrected chi connectivity index (χ1v) is 8.57. The second kappa shape index (κ2) is 7.24. The number of amides is 1. The number of rotatable bonds is 4. The molecule has 0 radical (unpaired) electrons. The summed E-state index contributed by atoms with van der Waals surface area (Å²) in [5, 5.41) is 5.87. The zero-order chi connectivity index (χ0) is 14.6. The Kier molecular flexibility index (Phi) is 6.19. The van der Waals surface area contributed by atoms with Gasteiger partial charge in [-0.1, -0.05) is 30.3 Å². The van der Waals surface area contributed by atoms with Crippen LogP contribution in [-0.4, -0.2) is 38.4 Å². The van der Waals surface area contributed by atoms with Gasteiger partial charge in [-0.15, -0.1) is 12.4 Å². The molecular formula is C14H21ClN2O3S. The van der Waals surface area contributed by atoms with Crippen molar-refractivity contribution >= 4 is 28.2 Å². The largest absolute Gasteiger partial charge is 0.351 e. The zero-order valence-electron chi connectivity index (χ0n) is 12.0. The van der Waals surface area contributed by atoms with Crippen LogP contribution in [0.3, 0.4) is 0 Å². The van der Waals surface area contributed by atoms with Crippen LogP contribution in [0.15, 0.2) is 30.3 Å². The van der Waals surface area contributed by atoms with Gasteiger partial charge in [-0.2, -0.15) is 0 Å². The van der Waals surface area contributed by atoms with E-state index in [1.807, 2.05) is 30.3 Å². The fourth-order valence-electron chi connectivity index (χ4n) is 2.54. The summed E-state index contributed by atoms with van der Waals surface area (Å²) in [6, 6.07) is 9.47. The Morgan fingerprint density at radius 2 is 1.81 bits per heavy atom. The van der Waals surface area contributed by atoms with Crippen molar-refractivity contribution in [1.29, 1.82) is 0 Å². The predicted octanol–water partition coefficient (Wildman–Crippen LogP) is 0.891. The molecule has 1 aromatic rings. The van der Waals surface area contributed by atoms with Crippen LogP contribution in [0.1, 0.15) is 18.4 Å². The van der Waals surface area contributed by atoms with E-state index in [1.165, 1.54) is 0 Å². The first-order valence-electron chi connectivity index (χ1n) is 6.68. The zero-order valence-corrected chi connectivity index (χ0v) is 13.6. The van der Waals surface area contributed by atoms with Crippen molar-refractivity contribution in [2.24, 2.45) is 0 Å². The van der Waals surface area contributed by atoms with Gasteiger partial charge in [0.25, 0.3) is 0 Å². The second-order valence-electron chi connectivity index (χ2n) is 5.18. The van der Waals surface area contributed by atoms with Crippen LogP contribution in [0, 0.1) is 0 Å². The number of piperidine rings is 1. The van der Waals surface area contributed by atoms with Gasteiger partial charge in [0.05, 0.1) is 0 Å². The molecule has 0 aliphatic carbocycles. The van der Waals surface area contributed by atoms with Crippen molar-refractivity contribution in [1.82, 2.24) is 10.6 Å². The van der Waals surface area contributed by atoms with Gasteiger partial charge in [-0.05, 0) is 31.5 Å². The summed E-state index contributed by atoms with van der Waals surface area (Å²) in [6.07, 6.45) is 1.80. The maximum atomic E-state index is 12.4. The average molecular weight is 333 g/mol. The molecule has 1 heterocycles. The van der Waals surface area contributed by atoms with E-state index in [-0.39, 0.29) is 18.3 Å². The lowest BCUT2D eigenvalue weighted by Crippen LogP contribution is -2.57. The number of hydrogen-bond donors (Lipinski definition) is 2. The average Bonchev–Trinajstić information content (AvgIpc) is 2.45. The van der Waals surface area contributed by atoms with Crippen LogP contribution in [0.2, 0.25) is 0 Å². The molecule has 0 atom stereocenters. The molecule has 1 fully saturated rings. The van der Waals surface area contributed by atoms with E-state index in [1.54, 1.807) is 0 Å². The molecule has 7 heteroatoms. The molecular weight excluding hydrogens is 312 g/mol. The highest BCUT2D eigenvalue weighted by molar-refractivity contribution is 7.92. The van der Waals surface area contributed by atoms with Crippen LogP contribution in [-0.2, 0) is 21.2 Å². The molecule has 118 valence electrons. The van der Waals surface area contributed by atoms with Gasteiger partial charge in [-0.3, -0.25) is 4.79 Å². The summed E-state index contributed by atoms with van der Waals surface area (Å²) in [5.74, 6) is -0.384. The Hall–Kier alpha value is -1.11. The third-order valence-corrected chi connectivity index (χ3v) is 5.84. The lowest BCUT2D eigenvalue weighted by atomic mass is 9.95. The molecule has 21 heavy (non-hydrogen) atoms. The molecule has 1 saturated heterocycles. The first-order chi connectivity index (χ1) is 9.46. The molecule has 0 bridgehead atoms. The minimum atomic E-state index is -3.44. The first kappa shape index (κ1) is 17.9. The van der Waals surface area contributed by atoms with Gasteiger partial charge in [0, 0.05) is 12.8 Å². The van der Waals surface area contributed by atoms with E-state index in [9.17, 15) is 13.2 Å². The fraction of sp³-hybridized carbons (Fsp3) is 0.500. The third-order valence-electron chi connectivity index (χ3n) is 3.83. The SMILES string of the molecule is CS(=O)(=O)C1(C(=O)NCc2ccccc2)CCNCC1.Cl. The van der Waals surface area contributed by atoms with Gasteiger partial charge >= 0.3 is 0 Å². The Bertz CT molecular complexity index is 569. The van der Waals surface area contributed by atoms with Crippen molar-refractivity contribution in [3.05, 3.63) is 35.9 Å². The highest BCUT2D eigenvalue weighted by atomic mass is 35.5. The maximum absolute atomic E-state index is 12.4. The number of carbonyl (C=O) groups excluding carboxylic acids is 1. The highest BCUT2D eigenvalue weighted by Crippen LogP contribution is 2.28. The molecule has 5 nitrogen and oxygen atoms in total. The number of halogens is 1. The molecule has 1 aromatic carbocycles. The normalized spacial score (nSPS) is 17.6. The number of benzene rings is 1. The summed E-state index contributed by atoms with van der Waals surface area (Å²) in [6.45, 7) is 1.45. The quantitative estimate of drug-likeness (QED) is 0.858. The maximum Gasteiger partial charge on any atom is 0.241 e. The number of hydrogen-bond acceptors (Lipinski definition) is 4. The summed E-state index contributed by atoms with van der Waals surface area (Å²) < 4.78 is 22.9. The minimum absolute atomic E-state index is 0. The van der Waals surface area contributed by atoms with Crippen molar-refractivity contribution in [3.8, 4) is 0 Å². The molecule has 0 aromatic heterocycles. The number of sulfone groups is 1. The predicted molar refractivity (Wildman–Crippen MR) is 85.2 cm³/mol. The molecule has 0 spiro atoms. The van der Waals surface area contributed by atoms with Crippen molar-refractivity contribution in [3.63, 3.8) is 0 Å². The summed E-state index contributed by atoms with van der Waals surface area (Å²) >= 11 is 0. The Morgan fingerprint density at radius 3 is 2.33 bits per heavy atom. The number of carbonyl (C=O) groups is 1. The van der Waals surface area contributed by atoms with Gasteiger partial charge in [0.2, 0.25) is 5.91 Å². The topological polar surface area (TPSA) is 75.3 Å². The van der Waals surface area contributed by atoms with Gasteiger partial charge in [0.1, 0.15) is 0 Å². The van der Waals surface area contributed by atoms with Crippen LogP contribution in [0.5, 0.6) is 0 Å². The summed E-state index contributed by atoms with van der Waals surface area (Å²) in [7, 11) is -3.44. The molecule has 1 amide bonds. The van der Waals surface area contributed by atoms with Crippen molar-refractivity contribution < 1.29 is 13.2 Å². The Morgan fingerprint density at radius 1 is 1.24 bits per heavy atom. The van der Waals surface area contributed by atoms with E-state index >= 15 is 0 Å². The molecule has 0 unspecified atom stereocenters. The van der Waals surface area contributed by atoms with Crippen molar-refractivity contribution in [2.75, 3.05) is 19.3 Å². The Balaban J connectivity index is 0.00000220. The van der Waals surface area contributed by atoms with Crippen LogP contribution < -0.4 is 10.6 Å². The molecule has 2 N–H and O–H groups in total. The molecule has 0 saturated carbocycles. The van der Waals surface area contributed by atoms with E-state index in [2.05, 4.69) is 10.6 Å². The fourth-order valence-corrected chi connectivity index (χ4v) is 3.89. The lowest BCUT2D eigenvalue weighted by molar-refractivity contribution is -0.124. The van der Waals surface area contributed by atoms with Crippen LogP contribution in [0.4, 0.5) is 0 Å². The van der Waals surface area contributed by atoms with E-state index < -0.39 is 14.6 Å². The van der Waals surface area contributed by atoms with Crippen molar-refractivity contribution in [2.45, 2.75) is 24.1 Å². The minimum Gasteiger partial charge on any atom is -0.351 e. The smallest absolute Gasteiger partial charge is 0.241 e. The standard InChI is InChI=1S/C14H20N2O3S.ClH/c1-20(18,19)14(7-9-15-10-8-14)13(17)16-11-12-5-3-2-4-6-12;/h2-6,15H,7-11H2,1H3,(H,16,17);1H. The van der Waals surface area contributed by atoms with Crippen LogP contribution >= 0.6 is 12.4 Å². The van der Waals surface area contributed by atoms with E-state index in [0.29, 0.717) is 32.5 Å². The highest BCUT2D eigenvalue weighted by Gasteiger charge is 2.48. The lowest BCUT2D eigenvalue weighted by Gasteiger charge is -2.34. The third kappa shape index (κ3) is 3.96. The van der Waals surface area contributed by atoms with E-state index in [0.717, 1.165) is 11.8 Å². The summed E-state index contributed by atoms with van der Waals surface area (Å²) in [5.41, 5.74) is 0.957. The van der Waals surface area contributed by atoms with E-state index in [4.69, 9.17) is 0 Å². The molecule has 1 aliphatic heterocycles. The monoisotopic (exact) mass is 332 g/mol. The van der Waals surface area contributed by atoms with Gasteiger partial charge < -0.3 is 10.6 Å². The molecule has 2 rings (SSSR count). The number of nitrogens with one attached hydrogen (secondary N) is 2. The van der Waals surface area contributed by atoms with Gasteiger partial charge in [-0.25, -0.2) is 8.42 Å². The summed E-state index contributed by atoms with van der Waals surface area (Å²) in [4.78, 5) is 12.4. The van der Waals surface area contributed by atoms with Crippen LogP contribution in [0.25, 0.3) is 0 Å². The second-order valence-corrected chi connectivity index (χ2v) is 7.51.